The molecule has 2 aliphatic carbocycles. The molecule has 0 saturated heterocycles. The Hall–Kier alpha value is -0.820. The third-order valence-corrected chi connectivity index (χ3v) is 4.81. The standard InChI is InChI=1S/C15H20O/c1-15-9-5-4-8-13(15)14(16)10-11-6-2-3-7-12(11)15/h2-3,6-7,13-14,16H,4-5,8-10H2,1H3/t13-,14-,15+/m0/s1. The summed E-state index contributed by atoms with van der Waals surface area (Å²) in [7, 11) is 0. The molecule has 0 aliphatic heterocycles. The number of hydrogen-bond donors (Lipinski definition) is 1. The monoisotopic (exact) mass is 216 g/mol. The number of fused-ring (bicyclic) bond motifs is 3. The fourth-order valence-electron chi connectivity index (χ4n) is 3.93. The molecule has 3 rings (SSSR count). The summed E-state index contributed by atoms with van der Waals surface area (Å²) in [5.74, 6) is 0.483. The van der Waals surface area contributed by atoms with E-state index in [1.54, 1.807) is 0 Å². The minimum Gasteiger partial charge on any atom is -0.392 e. The van der Waals surface area contributed by atoms with Crippen molar-refractivity contribution in [2.45, 2.75) is 50.5 Å². The quantitative estimate of drug-likeness (QED) is 0.706. The van der Waals surface area contributed by atoms with Crippen molar-refractivity contribution in [3.05, 3.63) is 35.4 Å². The van der Waals surface area contributed by atoms with Crippen molar-refractivity contribution in [1.29, 1.82) is 0 Å². The topological polar surface area (TPSA) is 20.2 Å². The molecule has 0 aromatic heterocycles. The third kappa shape index (κ3) is 1.34. The highest BCUT2D eigenvalue weighted by Crippen LogP contribution is 2.49. The molecule has 0 spiro atoms. The van der Waals surface area contributed by atoms with Crippen LogP contribution in [0.15, 0.2) is 24.3 Å². The Labute approximate surface area is 97.5 Å². The minimum absolute atomic E-state index is 0.125. The maximum atomic E-state index is 10.3. The Kier molecular flexibility index (Phi) is 2.32. The van der Waals surface area contributed by atoms with Crippen LogP contribution in [0.4, 0.5) is 0 Å². The smallest absolute Gasteiger partial charge is 0.0617 e. The van der Waals surface area contributed by atoms with Gasteiger partial charge in [0.1, 0.15) is 0 Å². The summed E-state index contributed by atoms with van der Waals surface area (Å²) in [6, 6.07) is 8.71. The molecule has 1 saturated carbocycles. The first kappa shape index (κ1) is 10.3. The molecule has 2 aliphatic rings. The zero-order chi connectivity index (χ0) is 11.2. The second kappa shape index (κ2) is 3.59. The molecule has 16 heavy (non-hydrogen) atoms. The van der Waals surface area contributed by atoms with Crippen molar-refractivity contribution in [2.75, 3.05) is 0 Å². The van der Waals surface area contributed by atoms with Gasteiger partial charge in [-0.25, -0.2) is 0 Å². The van der Waals surface area contributed by atoms with E-state index in [2.05, 4.69) is 31.2 Å². The van der Waals surface area contributed by atoms with E-state index in [1.165, 1.54) is 36.8 Å². The Morgan fingerprint density at radius 1 is 1.25 bits per heavy atom. The van der Waals surface area contributed by atoms with E-state index in [0.717, 1.165) is 6.42 Å². The summed E-state index contributed by atoms with van der Waals surface area (Å²) in [5, 5.41) is 10.3. The molecule has 1 aromatic rings. The molecule has 1 nitrogen and oxygen atoms in total. The highest BCUT2D eigenvalue weighted by atomic mass is 16.3. The lowest BCUT2D eigenvalue weighted by Gasteiger charge is -2.48. The van der Waals surface area contributed by atoms with Gasteiger partial charge in [0, 0.05) is 0 Å². The third-order valence-electron chi connectivity index (χ3n) is 4.81. The second-order valence-electron chi connectivity index (χ2n) is 5.70. The molecule has 1 fully saturated rings. The predicted molar refractivity (Wildman–Crippen MR) is 65.5 cm³/mol. The SMILES string of the molecule is C[C@]12CCCC[C@H]1[C@@H](O)Cc1ccccc12. The van der Waals surface area contributed by atoms with Crippen molar-refractivity contribution in [2.24, 2.45) is 5.92 Å². The first-order valence-electron chi connectivity index (χ1n) is 6.48. The van der Waals surface area contributed by atoms with Crippen molar-refractivity contribution >= 4 is 0 Å². The first-order chi connectivity index (χ1) is 7.72. The lowest BCUT2D eigenvalue weighted by Crippen LogP contribution is -2.47. The van der Waals surface area contributed by atoms with Gasteiger partial charge < -0.3 is 5.11 Å². The molecule has 0 heterocycles. The van der Waals surface area contributed by atoms with Gasteiger partial charge in [-0.1, -0.05) is 44.0 Å². The summed E-state index contributed by atoms with van der Waals surface area (Å²) in [5.41, 5.74) is 3.10. The van der Waals surface area contributed by atoms with Gasteiger partial charge in [0.2, 0.25) is 0 Å². The molecule has 86 valence electrons. The van der Waals surface area contributed by atoms with E-state index in [9.17, 15) is 5.11 Å². The van der Waals surface area contributed by atoms with Gasteiger partial charge in [-0.15, -0.1) is 0 Å². The normalized spacial score (nSPS) is 37.6. The van der Waals surface area contributed by atoms with E-state index >= 15 is 0 Å². The molecule has 3 atom stereocenters. The van der Waals surface area contributed by atoms with Crippen LogP contribution in [0.1, 0.15) is 43.7 Å². The largest absolute Gasteiger partial charge is 0.392 e. The lowest BCUT2D eigenvalue weighted by atomic mass is 9.57. The highest BCUT2D eigenvalue weighted by Gasteiger charge is 2.45. The summed E-state index contributed by atoms with van der Waals surface area (Å²) in [6.07, 6.45) is 5.78. The molecule has 1 heteroatoms. The predicted octanol–water partition coefficient (Wildman–Crippen LogP) is 3.05. The molecule has 0 bridgehead atoms. The fraction of sp³-hybridized carbons (Fsp3) is 0.600. The van der Waals surface area contributed by atoms with Gasteiger partial charge in [-0.2, -0.15) is 0 Å². The first-order valence-corrected chi connectivity index (χ1v) is 6.48. The zero-order valence-electron chi connectivity index (χ0n) is 9.95. The van der Waals surface area contributed by atoms with Crippen molar-refractivity contribution in [3.63, 3.8) is 0 Å². The Morgan fingerprint density at radius 2 is 2.06 bits per heavy atom. The molecule has 0 radical (unpaired) electrons. The number of aliphatic hydroxyl groups excluding tert-OH is 1. The van der Waals surface area contributed by atoms with Gasteiger partial charge in [-0.3, -0.25) is 0 Å². The van der Waals surface area contributed by atoms with Crippen LogP contribution in [-0.4, -0.2) is 11.2 Å². The average molecular weight is 216 g/mol. The highest BCUT2D eigenvalue weighted by molar-refractivity contribution is 5.38. The number of benzene rings is 1. The van der Waals surface area contributed by atoms with E-state index in [0.29, 0.717) is 5.92 Å². The van der Waals surface area contributed by atoms with Gasteiger partial charge in [0.15, 0.2) is 0 Å². The van der Waals surface area contributed by atoms with Crippen LogP contribution >= 0.6 is 0 Å². The minimum atomic E-state index is -0.125. The zero-order valence-corrected chi connectivity index (χ0v) is 9.95. The number of rotatable bonds is 0. The van der Waals surface area contributed by atoms with Crippen LogP contribution in [0.25, 0.3) is 0 Å². The van der Waals surface area contributed by atoms with Gasteiger partial charge >= 0.3 is 0 Å². The molecule has 0 amide bonds. The van der Waals surface area contributed by atoms with Crippen LogP contribution < -0.4 is 0 Å². The van der Waals surface area contributed by atoms with Crippen molar-refractivity contribution < 1.29 is 5.11 Å². The maximum Gasteiger partial charge on any atom is 0.0617 e. The van der Waals surface area contributed by atoms with Gasteiger partial charge in [0.25, 0.3) is 0 Å². The van der Waals surface area contributed by atoms with E-state index in [1.807, 2.05) is 0 Å². The van der Waals surface area contributed by atoms with Crippen LogP contribution in [0.5, 0.6) is 0 Å². The van der Waals surface area contributed by atoms with Crippen LogP contribution in [0.2, 0.25) is 0 Å². The maximum absolute atomic E-state index is 10.3. The van der Waals surface area contributed by atoms with Gasteiger partial charge in [-0.05, 0) is 41.7 Å². The van der Waals surface area contributed by atoms with E-state index < -0.39 is 0 Å². The van der Waals surface area contributed by atoms with E-state index in [-0.39, 0.29) is 11.5 Å². The second-order valence-corrected chi connectivity index (χ2v) is 5.70. The van der Waals surface area contributed by atoms with Crippen molar-refractivity contribution in [3.8, 4) is 0 Å². The number of hydrogen-bond acceptors (Lipinski definition) is 1. The van der Waals surface area contributed by atoms with Crippen molar-refractivity contribution in [1.82, 2.24) is 0 Å². The van der Waals surface area contributed by atoms with E-state index in [4.69, 9.17) is 0 Å². The average Bonchev–Trinajstić information content (AvgIpc) is 2.29. The summed E-state index contributed by atoms with van der Waals surface area (Å²) in [4.78, 5) is 0. The molecular weight excluding hydrogens is 196 g/mol. The molecule has 1 N–H and O–H groups in total. The fourth-order valence-corrected chi connectivity index (χ4v) is 3.93. The van der Waals surface area contributed by atoms with Gasteiger partial charge in [0.05, 0.1) is 6.10 Å². The summed E-state index contributed by atoms with van der Waals surface area (Å²) >= 11 is 0. The van der Waals surface area contributed by atoms with Crippen LogP contribution in [-0.2, 0) is 11.8 Å². The van der Waals surface area contributed by atoms with Crippen LogP contribution in [0, 0.1) is 5.92 Å². The number of aliphatic hydroxyl groups is 1. The van der Waals surface area contributed by atoms with Crippen LogP contribution in [0.3, 0.4) is 0 Å². The Bertz CT molecular complexity index is 398. The summed E-state index contributed by atoms with van der Waals surface area (Å²) in [6.45, 7) is 2.36. The Balaban J connectivity index is 2.12. The lowest BCUT2D eigenvalue weighted by molar-refractivity contribution is 0.0237. The molecule has 1 aromatic carbocycles. The Morgan fingerprint density at radius 3 is 2.94 bits per heavy atom. The molecular formula is C15H20O. The molecule has 0 unspecified atom stereocenters. The summed E-state index contributed by atoms with van der Waals surface area (Å²) < 4.78 is 0.